The van der Waals surface area contributed by atoms with Crippen LogP contribution in [0.4, 0.5) is 10.3 Å². The summed E-state index contributed by atoms with van der Waals surface area (Å²) >= 11 is 3.33. The van der Waals surface area contributed by atoms with Gasteiger partial charge in [0.1, 0.15) is 15.9 Å². The Labute approximate surface area is 179 Å². The summed E-state index contributed by atoms with van der Waals surface area (Å²) in [5.74, 6) is -0.201. The summed E-state index contributed by atoms with van der Waals surface area (Å²) in [6.45, 7) is 0.296. The number of halogens is 2. The maximum atomic E-state index is 13.5. The van der Waals surface area contributed by atoms with Gasteiger partial charge in [0.2, 0.25) is 5.95 Å². The predicted octanol–water partition coefficient (Wildman–Crippen LogP) is 3.80. The van der Waals surface area contributed by atoms with Gasteiger partial charge < -0.3 is 20.2 Å². The van der Waals surface area contributed by atoms with Crippen LogP contribution < -0.4 is 5.73 Å². The molecule has 3 N–H and O–H groups in total. The van der Waals surface area contributed by atoms with Gasteiger partial charge in [-0.15, -0.1) is 0 Å². The van der Waals surface area contributed by atoms with Crippen LogP contribution in [-0.4, -0.2) is 38.6 Å². The normalized spacial score (nSPS) is 12.4. The van der Waals surface area contributed by atoms with Gasteiger partial charge >= 0.3 is 0 Å². The van der Waals surface area contributed by atoms with Gasteiger partial charge in [0.05, 0.1) is 18.5 Å². The van der Waals surface area contributed by atoms with Crippen LogP contribution in [0, 0.1) is 5.82 Å². The number of nitrogens with zero attached hydrogens (tertiary/aromatic N) is 4. The molecule has 0 spiro atoms. The molecule has 0 aliphatic carbocycles. The third-order valence-electron chi connectivity index (χ3n) is 4.39. The summed E-state index contributed by atoms with van der Waals surface area (Å²) < 4.78 is 25.2. The number of H-pyrrole nitrogens is 1. The lowest BCUT2D eigenvalue weighted by Crippen LogP contribution is -2.11. The quantitative estimate of drug-likeness (QED) is 0.393. The van der Waals surface area contributed by atoms with Crippen LogP contribution in [0.5, 0.6) is 0 Å². The third kappa shape index (κ3) is 4.45. The summed E-state index contributed by atoms with van der Waals surface area (Å²) in [4.78, 5) is 20.4. The van der Waals surface area contributed by atoms with Crippen molar-refractivity contribution in [2.24, 2.45) is 0 Å². The van der Waals surface area contributed by atoms with Gasteiger partial charge in [-0.05, 0) is 34.1 Å². The number of nitrogens with two attached hydrogens (primary N) is 1. The van der Waals surface area contributed by atoms with E-state index in [-0.39, 0.29) is 11.8 Å². The zero-order valence-corrected chi connectivity index (χ0v) is 17.6. The van der Waals surface area contributed by atoms with Crippen LogP contribution in [0.15, 0.2) is 47.3 Å². The summed E-state index contributed by atoms with van der Waals surface area (Å²) in [7, 11) is 1.51. The average Bonchev–Trinajstić information content (AvgIpc) is 3.14. The Balaban J connectivity index is 1.51. The summed E-state index contributed by atoms with van der Waals surface area (Å²) in [6.07, 6.45) is 3.18. The molecule has 30 heavy (non-hydrogen) atoms. The van der Waals surface area contributed by atoms with Crippen molar-refractivity contribution in [1.29, 1.82) is 0 Å². The van der Waals surface area contributed by atoms with Gasteiger partial charge in [-0.3, -0.25) is 0 Å². The van der Waals surface area contributed by atoms with Crippen LogP contribution in [-0.2, 0) is 15.9 Å². The van der Waals surface area contributed by atoms with E-state index in [1.54, 1.807) is 24.5 Å². The van der Waals surface area contributed by atoms with Crippen molar-refractivity contribution < 1.29 is 13.9 Å². The lowest BCUT2D eigenvalue weighted by molar-refractivity contribution is -0.127. The Morgan fingerprint density at radius 1 is 1.23 bits per heavy atom. The van der Waals surface area contributed by atoms with E-state index in [4.69, 9.17) is 15.2 Å². The van der Waals surface area contributed by atoms with Gasteiger partial charge in [0.25, 0.3) is 0 Å². The molecule has 154 valence electrons. The number of nitrogens with one attached hydrogen (secondary N) is 1. The zero-order valence-electron chi connectivity index (χ0n) is 16.0. The smallest absolute Gasteiger partial charge is 0.220 e. The molecule has 4 rings (SSSR count). The van der Waals surface area contributed by atoms with Crippen molar-refractivity contribution >= 4 is 33.0 Å². The van der Waals surface area contributed by atoms with Crippen molar-refractivity contribution in [2.75, 3.05) is 19.5 Å². The molecule has 0 bridgehead atoms. The number of fused-ring (bicyclic) bond motifs is 1. The zero-order chi connectivity index (χ0) is 21.1. The lowest BCUT2D eigenvalue weighted by Gasteiger charge is -2.16. The number of nitrogen functional groups attached to an aromatic ring is 1. The Kier molecular flexibility index (Phi) is 5.98. The summed E-state index contributed by atoms with van der Waals surface area (Å²) in [5, 5.41) is 0. The van der Waals surface area contributed by atoms with E-state index in [1.165, 1.54) is 19.2 Å². The SMILES string of the molecule is COC(OCCc1cc(-c2c[nH]c3ncc(Br)nc23)nc(N)n1)c1cccc(F)c1. The largest absolute Gasteiger partial charge is 0.368 e. The topological polar surface area (TPSA) is 112 Å². The van der Waals surface area contributed by atoms with Gasteiger partial charge in [-0.2, -0.15) is 0 Å². The molecule has 0 amide bonds. The molecule has 0 radical (unpaired) electrons. The maximum Gasteiger partial charge on any atom is 0.220 e. The third-order valence-corrected chi connectivity index (χ3v) is 4.77. The van der Waals surface area contributed by atoms with Crippen LogP contribution in [0.2, 0.25) is 0 Å². The number of hydrogen-bond donors (Lipinski definition) is 2. The molecule has 1 unspecified atom stereocenters. The van der Waals surface area contributed by atoms with Crippen molar-refractivity contribution in [3.8, 4) is 11.3 Å². The highest BCUT2D eigenvalue weighted by atomic mass is 79.9. The molecule has 3 aromatic heterocycles. The second kappa shape index (κ2) is 8.82. The number of anilines is 1. The molecule has 0 aliphatic heterocycles. The van der Waals surface area contributed by atoms with Crippen molar-refractivity contribution in [2.45, 2.75) is 12.7 Å². The first-order valence-corrected chi connectivity index (χ1v) is 9.86. The van der Waals surface area contributed by atoms with Crippen LogP contribution in [0.1, 0.15) is 17.5 Å². The standard InChI is InChI=1S/C20H18BrFN6O2/c1-29-19(11-3-2-4-12(22)7-11)30-6-5-13-8-15(27-20(23)26-13)14-9-24-18-17(14)28-16(21)10-25-18/h2-4,7-10,19H,5-6H2,1H3,(H,24,25)(H2,23,26,27). The molecule has 1 atom stereocenters. The summed E-state index contributed by atoms with van der Waals surface area (Å²) in [5.41, 5.74) is 9.94. The molecule has 0 saturated heterocycles. The van der Waals surface area contributed by atoms with E-state index in [0.29, 0.717) is 45.7 Å². The van der Waals surface area contributed by atoms with E-state index in [9.17, 15) is 4.39 Å². The Morgan fingerprint density at radius 3 is 2.90 bits per heavy atom. The second-order valence-corrected chi connectivity index (χ2v) is 7.25. The molecule has 0 aliphatic rings. The highest BCUT2D eigenvalue weighted by molar-refractivity contribution is 9.10. The van der Waals surface area contributed by atoms with Crippen LogP contribution in [0.3, 0.4) is 0 Å². The Morgan fingerprint density at radius 2 is 2.10 bits per heavy atom. The molecule has 1 aromatic carbocycles. The number of aromatic amines is 1. The van der Waals surface area contributed by atoms with Gasteiger partial charge in [0.15, 0.2) is 11.9 Å². The van der Waals surface area contributed by atoms with E-state index >= 15 is 0 Å². The molecular formula is C20H18BrFN6O2. The first-order valence-electron chi connectivity index (χ1n) is 9.07. The highest BCUT2D eigenvalue weighted by Crippen LogP contribution is 2.27. The fraction of sp³-hybridized carbons (Fsp3) is 0.200. The minimum Gasteiger partial charge on any atom is -0.368 e. The number of rotatable bonds is 7. The molecule has 0 saturated carbocycles. The highest BCUT2D eigenvalue weighted by Gasteiger charge is 2.15. The lowest BCUT2D eigenvalue weighted by atomic mass is 10.1. The first-order chi connectivity index (χ1) is 14.5. The number of aromatic nitrogens is 5. The van der Waals surface area contributed by atoms with E-state index < -0.39 is 6.29 Å². The number of benzene rings is 1. The molecule has 3 heterocycles. The maximum absolute atomic E-state index is 13.5. The molecule has 0 fully saturated rings. The van der Waals surface area contributed by atoms with Crippen LogP contribution in [0.25, 0.3) is 22.4 Å². The summed E-state index contributed by atoms with van der Waals surface area (Å²) in [6, 6.07) is 7.93. The molecule has 4 aromatic rings. The monoisotopic (exact) mass is 472 g/mol. The second-order valence-electron chi connectivity index (χ2n) is 6.44. The van der Waals surface area contributed by atoms with Gasteiger partial charge in [-0.1, -0.05) is 12.1 Å². The average molecular weight is 473 g/mol. The van der Waals surface area contributed by atoms with Crippen molar-refractivity contribution in [3.63, 3.8) is 0 Å². The first kappa shape index (κ1) is 20.3. The van der Waals surface area contributed by atoms with E-state index in [0.717, 1.165) is 5.56 Å². The molecular weight excluding hydrogens is 455 g/mol. The van der Waals surface area contributed by atoms with E-state index in [1.807, 2.05) is 6.07 Å². The van der Waals surface area contributed by atoms with Crippen LogP contribution >= 0.6 is 15.9 Å². The number of ether oxygens (including phenoxy) is 2. The minimum absolute atomic E-state index is 0.147. The van der Waals surface area contributed by atoms with Gasteiger partial charge in [0, 0.05) is 36.5 Å². The van der Waals surface area contributed by atoms with Crippen molar-refractivity contribution in [3.05, 3.63) is 64.4 Å². The number of hydrogen-bond acceptors (Lipinski definition) is 7. The minimum atomic E-state index is -0.680. The van der Waals surface area contributed by atoms with E-state index in [2.05, 4.69) is 40.8 Å². The fourth-order valence-electron chi connectivity index (χ4n) is 3.07. The van der Waals surface area contributed by atoms with Crippen molar-refractivity contribution in [1.82, 2.24) is 24.9 Å². The predicted molar refractivity (Wildman–Crippen MR) is 113 cm³/mol. The molecule has 10 heteroatoms. The fourth-order valence-corrected chi connectivity index (χ4v) is 3.35. The Bertz CT molecular complexity index is 1190. The van der Waals surface area contributed by atoms with Gasteiger partial charge in [-0.25, -0.2) is 24.3 Å². The Hall–Kier alpha value is -2.95. The number of methoxy groups -OCH3 is 1. The molecule has 8 nitrogen and oxygen atoms in total.